The average Bonchev–Trinajstić information content (AvgIpc) is 3.34. The summed E-state index contributed by atoms with van der Waals surface area (Å²) in [6.07, 6.45) is 10.5. The number of benzene rings is 2. The van der Waals surface area contributed by atoms with E-state index < -0.39 is 14.8 Å². The van der Waals surface area contributed by atoms with Crippen LogP contribution in [0, 0.1) is 27.7 Å². The molecule has 0 aromatic heterocycles. The maximum absolute atomic E-state index is 8.01. The van der Waals surface area contributed by atoms with Crippen molar-refractivity contribution in [2.24, 2.45) is 0 Å². The first-order chi connectivity index (χ1) is 13.7. The fraction of sp³-hybridized carbons (Fsp3) is 0.360. The molecule has 0 nitrogen and oxygen atoms in total. The van der Waals surface area contributed by atoms with Crippen molar-refractivity contribution in [1.29, 1.82) is 0 Å². The predicted molar refractivity (Wildman–Crippen MR) is 129 cm³/mol. The molecule has 4 heteroatoms. The van der Waals surface area contributed by atoms with E-state index in [4.69, 9.17) is 17.2 Å². The van der Waals surface area contributed by atoms with Crippen LogP contribution in [0.1, 0.15) is 65.2 Å². The molecule has 0 saturated carbocycles. The van der Waals surface area contributed by atoms with Crippen molar-refractivity contribution in [2.45, 2.75) is 54.4 Å². The number of halogens is 2. The molecule has 4 rings (SSSR count). The summed E-state index contributed by atoms with van der Waals surface area (Å²) < 4.78 is 0.430. The van der Waals surface area contributed by atoms with E-state index in [1.165, 1.54) is 50.6 Å². The average molecular weight is 608 g/mol. The van der Waals surface area contributed by atoms with Gasteiger partial charge in [0.15, 0.2) is 0 Å². The van der Waals surface area contributed by atoms with Crippen LogP contribution in [-0.4, -0.2) is 6.22 Å². The van der Waals surface area contributed by atoms with Gasteiger partial charge in [-0.3, -0.25) is 0 Å². The van der Waals surface area contributed by atoms with E-state index >= 15 is 0 Å². The van der Waals surface area contributed by atoms with E-state index in [9.17, 15) is 0 Å². The van der Waals surface area contributed by atoms with Crippen LogP contribution in [0.4, 0.5) is 0 Å². The van der Waals surface area contributed by atoms with Gasteiger partial charge < -0.3 is 0 Å². The molecule has 0 amide bonds. The van der Waals surface area contributed by atoms with Gasteiger partial charge in [-0.2, -0.15) is 0 Å². The zero-order chi connectivity index (χ0) is 21.0. The molecule has 0 bridgehead atoms. The molecular weight excluding hydrogens is 578 g/mol. The van der Waals surface area contributed by atoms with Crippen LogP contribution in [-0.2, 0) is 14.8 Å². The second-order valence-corrected chi connectivity index (χ2v) is 59.2. The van der Waals surface area contributed by atoms with Crippen LogP contribution >= 0.6 is 17.2 Å². The van der Waals surface area contributed by atoms with Crippen LogP contribution in [0.5, 0.6) is 0 Å². The van der Waals surface area contributed by atoms with Crippen LogP contribution < -0.4 is 0 Å². The third-order valence-corrected chi connectivity index (χ3v) is 53.3. The minimum atomic E-state index is -4.46. The first-order valence-corrected chi connectivity index (χ1v) is 31.3. The van der Waals surface area contributed by atoms with Crippen LogP contribution in [0.3, 0.4) is 0 Å². The summed E-state index contributed by atoms with van der Waals surface area (Å²) in [6, 6.07) is 10.1. The van der Waals surface area contributed by atoms with E-state index in [1.807, 2.05) is 0 Å². The summed E-state index contributed by atoms with van der Waals surface area (Å²) in [4.78, 5) is 0. The Labute approximate surface area is 184 Å². The number of rotatable bonds is 4. The SMILES string of the molecule is CCC[SiH]=[Hf]([Cl])([Cl])([CH]1C=Cc2c(C)ccc(C)c21)[CH]1C=Cc2c(C)ccc(C)c21. The van der Waals surface area contributed by atoms with Crippen molar-refractivity contribution in [3.63, 3.8) is 0 Å². The molecule has 0 spiro atoms. The molecule has 0 saturated heterocycles. The maximum atomic E-state index is 8.01. The zero-order valence-electron chi connectivity index (χ0n) is 18.0. The quantitative estimate of drug-likeness (QED) is 0.310. The molecule has 2 aromatic rings. The van der Waals surface area contributed by atoms with Crippen molar-refractivity contribution in [2.75, 3.05) is 0 Å². The summed E-state index contributed by atoms with van der Waals surface area (Å²) in [7, 11) is 16.0. The summed E-state index contributed by atoms with van der Waals surface area (Å²) in [5, 5.41) is 0. The van der Waals surface area contributed by atoms with Gasteiger partial charge in [-0.25, -0.2) is 0 Å². The van der Waals surface area contributed by atoms with Gasteiger partial charge in [-0.05, 0) is 0 Å². The van der Waals surface area contributed by atoms with E-state index in [2.05, 4.69) is 83.2 Å². The van der Waals surface area contributed by atoms with Crippen LogP contribution in [0.2, 0.25) is 6.04 Å². The number of fused-ring (bicyclic) bond motifs is 2. The normalized spacial score (nSPS) is 20.1. The fourth-order valence-electron chi connectivity index (χ4n) is 5.34. The monoisotopic (exact) mass is 608 g/mol. The number of aryl methyl sites for hydroxylation is 4. The van der Waals surface area contributed by atoms with E-state index in [1.54, 1.807) is 0 Å². The molecular formula is C25H30Cl2HfSi. The summed E-state index contributed by atoms with van der Waals surface area (Å²) in [5.74, 6) is 0. The van der Waals surface area contributed by atoms with Gasteiger partial charge in [0.1, 0.15) is 0 Å². The van der Waals surface area contributed by atoms with E-state index in [0.717, 1.165) is 6.42 Å². The molecule has 152 valence electrons. The minimum absolute atomic E-state index is 0.0206. The van der Waals surface area contributed by atoms with Gasteiger partial charge in [0, 0.05) is 0 Å². The Bertz CT molecular complexity index is 1050. The Morgan fingerprint density at radius 1 is 0.759 bits per heavy atom. The van der Waals surface area contributed by atoms with Crippen LogP contribution in [0.25, 0.3) is 12.2 Å². The van der Waals surface area contributed by atoms with Crippen molar-refractivity contribution in [3.05, 3.63) is 80.9 Å². The Morgan fingerprint density at radius 2 is 1.17 bits per heavy atom. The third-order valence-electron chi connectivity index (χ3n) is 6.99. The van der Waals surface area contributed by atoms with Gasteiger partial charge in [-0.1, -0.05) is 0 Å². The van der Waals surface area contributed by atoms with Gasteiger partial charge in [0.25, 0.3) is 0 Å². The van der Waals surface area contributed by atoms with Gasteiger partial charge in [0.2, 0.25) is 0 Å². The van der Waals surface area contributed by atoms with E-state index in [-0.39, 0.29) is 13.6 Å². The molecule has 0 heterocycles. The van der Waals surface area contributed by atoms with Crippen molar-refractivity contribution in [1.82, 2.24) is 0 Å². The van der Waals surface area contributed by atoms with Gasteiger partial charge >= 0.3 is 186 Å². The number of hydrogen-bond donors (Lipinski definition) is 0. The third kappa shape index (κ3) is 3.34. The second kappa shape index (κ2) is 7.62. The predicted octanol–water partition coefficient (Wildman–Crippen LogP) is 7.93. The molecule has 2 aliphatic carbocycles. The second-order valence-electron chi connectivity index (χ2n) is 8.95. The zero-order valence-corrected chi connectivity index (χ0v) is 24.3. The van der Waals surface area contributed by atoms with Gasteiger partial charge in [-0.15, -0.1) is 0 Å². The molecule has 0 fully saturated rings. The Morgan fingerprint density at radius 3 is 1.59 bits per heavy atom. The Kier molecular flexibility index (Phi) is 5.73. The van der Waals surface area contributed by atoms with Crippen molar-refractivity contribution in [3.8, 4) is 0 Å². The molecule has 2 aliphatic rings. The van der Waals surface area contributed by atoms with Crippen molar-refractivity contribution >= 4 is 35.5 Å². The number of hydrogen-bond acceptors (Lipinski definition) is 0. The topological polar surface area (TPSA) is 0 Å². The Hall–Kier alpha value is -0.413. The first-order valence-electron chi connectivity index (χ1n) is 10.7. The summed E-state index contributed by atoms with van der Waals surface area (Å²) in [6.45, 7) is 11.1. The number of allylic oxidation sites excluding steroid dienone is 2. The Balaban J connectivity index is 2.00. The molecule has 0 radical (unpaired) electrons. The molecule has 2 aromatic carbocycles. The summed E-state index contributed by atoms with van der Waals surface area (Å²) in [5.41, 5.74) is 10.9. The molecule has 0 N–H and O–H groups in total. The molecule has 0 aliphatic heterocycles. The van der Waals surface area contributed by atoms with Gasteiger partial charge in [0.05, 0.1) is 0 Å². The first kappa shape index (κ1) is 21.8. The molecule has 2 atom stereocenters. The molecule has 2 unspecified atom stereocenters. The summed E-state index contributed by atoms with van der Waals surface area (Å²) >= 11 is -4.46. The van der Waals surface area contributed by atoms with Crippen molar-refractivity contribution < 1.29 is 14.8 Å². The molecule has 29 heavy (non-hydrogen) atoms. The van der Waals surface area contributed by atoms with E-state index in [0.29, 0.717) is 0 Å². The standard InChI is InChI=1S/2C11H11.C3H8Si.2ClH.Hf/c2*1-8-6-7-9(2)11-5-3-4-10(8)11;1-2-3-4;;;/h2*3-7H,1-2H3;4H,2-3H2,1H3;2*1H;/q;;;;;+2/p-2. The fourth-order valence-corrected chi connectivity index (χ4v) is 48.5. The van der Waals surface area contributed by atoms with Crippen LogP contribution in [0.15, 0.2) is 36.4 Å².